The number of hydrogen-bond acceptors (Lipinski definition) is 4. The molecule has 3 N–H and O–H groups in total. The van der Waals surface area contributed by atoms with Crippen molar-refractivity contribution in [2.75, 3.05) is 39.3 Å². The van der Waals surface area contributed by atoms with E-state index in [1.807, 2.05) is 6.92 Å². The van der Waals surface area contributed by atoms with Gasteiger partial charge >= 0.3 is 0 Å². The number of nitrogens with zero attached hydrogens (tertiary/aromatic N) is 3. The van der Waals surface area contributed by atoms with Gasteiger partial charge in [-0.1, -0.05) is 13.8 Å². The van der Waals surface area contributed by atoms with Gasteiger partial charge in [-0.15, -0.1) is 0 Å². The second kappa shape index (κ2) is 14.0. The highest BCUT2D eigenvalue weighted by Gasteiger charge is 2.07. The summed E-state index contributed by atoms with van der Waals surface area (Å²) in [7, 11) is 0. The van der Waals surface area contributed by atoms with Crippen LogP contribution in [-0.4, -0.2) is 67.1 Å². The fourth-order valence-electron chi connectivity index (χ4n) is 2.72. The van der Waals surface area contributed by atoms with Gasteiger partial charge in [-0.2, -0.15) is 0 Å². The lowest BCUT2D eigenvalue weighted by molar-refractivity contribution is 0.0954. The molecule has 1 heterocycles. The first-order valence-electron chi connectivity index (χ1n) is 10.1. The minimum absolute atomic E-state index is 0.124. The van der Waals surface area contributed by atoms with E-state index in [0.717, 1.165) is 45.0 Å². The molecule has 0 saturated carbocycles. The van der Waals surface area contributed by atoms with E-state index in [4.69, 9.17) is 0 Å². The SMILES string of the molecule is CCNC(=NCCNC(=O)c1cccnc1)NC(C)CCCN(CC)CC. The molecule has 1 aromatic heterocycles. The van der Waals surface area contributed by atoms with Gasteiger partial charge in [0.1, 0.15) is 0 Å². The maximum atomic E-state index is 12.0. The molecule has 0 radical (unpaired) electrons. The number of guanidine groups is 1. The van der Waals surface area contributed by atoms with Gasteiger partial charge in [-0.05, 0) is 58.5 Å². The molecular weight excluding hydrogens is 340 g/mol. The average Bonchev–Trinajstić information content (AvgIpc) is 2.69. The summed E-state index contributed by atoms with van der Waals surface area (Å²) < 4.78 is 0. The molecule has 0 spiro atoms. The van der Waals surface area contributed by atoms with Crippen LogP contribution < -0.4 is 16.0 Å². The zero-order valence-electron chi connectivity index (χ0n) is 17.3. The third-order valence-electron chi connectivity index (χ3n) is 4.32. The Morgan fingerprint density at radius 3 is 2.67 bits per heavy atom. The third-order valence-corrected chi connectivity index (χ3v) is 4.32. The Bertz CT molecular complexity index is 545. The van der Waals surface area contributed by atoms with Crippen LogP contribution in [0.2, 0.25) is 0 Å². The van der Waals surface area contributed by atoms with Crippen molar-refractivity contribution in [3.8, 4) is 0 Å². The topological polar surface area (TPSA) is 81.6 Å². The Hall–Kier alpha value is -2.15. The van der Waals surface area contributed by atoms with Gasteiger partial charge in [0.25, 0.3) is 5.91 Å². The van der Waals surface area contributed by atoms with Crippen LogP contribution in [0.5, 0.6) is 0 Å². The number of hydrogen-bond donors (Lipinski definition) is 3. The quantitative estimate of drug-likeness (QED) is 0.295. The normalized spacial score (nSPS) is 12.7. The number of carbonyl (C=O) groups excluding carboxylic acids is 1. The molecule has 0 fully saturated rings. The van der Waals surface area contributed by atoms with Crippen molar-refractivity contribution < 1.29 is 4.79 Å². The van der Waals surface area contributed by atoms with E-state index >= 15 is 0 Å². The Kier molecular flexibility index (Phi) is 11.8. The first kappa shape index (κ1) is 22.9. The predicted octanol–water partition coefficient (Wildman–Crippen LogP) is 1.88. The fourth-order valence-corrected chi connectivity index (χ4v) is 2.72. The summed E-state index contributed by atoms with van der Waals surface area (Å²) >= 11 is 0. The van der Waals surface area contributed by atoms with Crippen LogP contribution >= 0.6 is 0 Å². The summed E-state index contributed by atoms with van der Waals surface area (Å²) in [6, 6.07) is 3.85. The Morgan fingerprint density at radius 1 is 1.26 bits per heavy atom. The maximum absolute atomic E-state index is 12.0. The minimum Gasteiger partial charge on any atom is -0.357 e. The zero-order chi connectivity index (χ0) is 19.9. The first-order valence-corrected chi connectivity index (χ1v) is 10.1. The molecule has 27 heavy (non-hydrogen) atoms. The molecule has 152 valence electrons. The molecule has 7 nitrogen and oxygen atoms in total. The number of aliphatic imine (C=N–C) groups is 1. The molecule has 0 saturated heterocycles. The highest BCUT2D eigenvalue weighted by Crippen LogP contribution is 2.00. The van der Waals surface area contributed by atoms with Gasteiger partial charge in [0.15, 0.2) is 5.96 Å². The van der Waals surface area contributed by atoms with E-state index < -0.39 is 0 Å². The van der Waals surface area contributed by atoms with Gasteiger partial charge in [0, 0.05) is 31.5 Å². The Labute approximate surface area is 164 Å². The molecule has 0 aromatic carbocycles. The number of aromatic nitrogens is 1. The largest absolute Gasteiger partial charge is 0.357 e. The standard InChI is InChI=1S/C20H36N6O/c1-5-22-20(25-17(4)10-9-15-26(6-2)7-3)24-14-13-23-19(27)18-11-8-12-21-16-18/h8,11-12,16-17H,5-7,9-10,13-15H2,1-4H3,(H,23,27)(H2,22,24,25). The molecule has 1 rings (SSSR count). The van der Waals surface area contributed by atoms with Crippen LogP contribution in [0.15, 0.2) is 29.5 Å². The average molecular weight is 377 g/mol. The first-order chi connectivity index (χ1) is 13.1. The van der Waals surface area contributed by atoms with Crippen molar-refractivity contribution in [3.05, 3.63) is 30.1 Å². The van der Waals surface area contributed by atoms with E-state index in [1.54, 1.807) is 24.5 Å². The van der Waals surface area contributed by atoms with Gasteiger partial charge < -0.3 is 20.9 Å². The van der Waals surface area contributed by atoms with Crippen molar-refractivity contribution in [1.29, 1.82) is 0 Å². The molecule has 0 aliphatic carbocycles. The van der Waals surface area contributed by atoms with Crippen LogP contribution in [0.25, 0.3) is 0 Å². The molecule has 1 amide bonds. The zero-order valence-corrected chi connectivity index (χ0v) is 17.3. The Balaban J connectivity index is 2.35. The molecule has 0 aliphatic rings. The van der Waals surface area contributed by atoms with Crippen molar-refractivity contribution in [3.63, 3.8) is 0 Å². The Morgan fingerprint density at radius 2 is 2.04 bits per heavy atom. The molecule has 1 unspecified atom stereocenters. The van der Waals surface area contributed by atoms with Crippen LogP contribution in [0.4, 0.5) is 0 Å². The van der Waals surface area contributed by atoms with Crippen LogP contribution in [0, 0.1) is 0 Å². The molecule has 0 bridgehead atoms. The fraction of sp³-hybridized carbons (Fsp3) is 0.650. The highest BCUT2D eigenvalue weighted by molar-refractivity contribution is 5.93. The number of rotatable bonds is 12. The summed E-state index contributed by atoms with van der Waals surface area (Å²) in [6.07, 6.45) is 5.47. The summed E-state index contributed by atoms with van der Waals surface area (Å²) in [5.41, 5.74) is 0.563. The molecule has 7 heteroatoms. The second-order valence-corrected chi connectivity index (χ2v) is 6.47. The maximum Gasteiger partial charge on any atom is 0.252 e. The number of carbonyl (C=O) groups is 1. The lowest BCUT2D eigenvalue weighted by Gasteiger charge is -2.21. The van der Waals surface area contributed by atoms with E-state index in [9.17, 15) is 4.79 Å². The van der Waals surface area contributed by atoms with Gasteiger partial charge in [-0.25, -0.2) is 0 Å². The monoisotopic (exact) mass is 376 g/mol. The van der Waals surface area contributed by atoms with E-state index in [0.29, 0.717) is 24.7 Å². The van der Waals surface area contributed by atoms with Gasteiger partial charge in [0.05, 0.1) is 12.1 Å². The van der Waals surface area contributed by atoms with Gasteiger partial charge in [0.2, 0.25) is 0 Å². The summed E-state index contributed by atoms with van der Waals surface area (Å²) in [6.45, 7) is 13.8. The summed E-state index contributed by atoms with van der Waals surface area (Å²) in [5.74, 6) is 0.671. The van der Waals surface area contributed by atoms with Crippen LogP contribution in [0.3, 0.4) is 0 Å². The van der Waals surface area contributed by atoms with Crippen molar-refractivity contribution >= 4 is 11.9 Å². The second-order valence-electron chi connectivity index (χ2n) is 6.47. The molecule has 0 aliphatic heterocycles. The van der Waals surface area contributed by atoms with E-state index in [-0.39, 0.29) is 5.91 Å². The molecule has 1 aromatic rings. The van der Waals surface area contributed by atoms with Crippen LogP contribution in [0.1, 0.15) is 50.9 Å². The molecular formula is C20H36N6O. The summed E-state index contributed by atoms with van der Waals surface area (Å²) in [5, 5.41) is 9.57. The number of amides is 1. The minimum atomic E-state index is -0.124. The van der Waals surface area contributed by atoms with Crippen molar-refractivity contribution in [2.24, 2.45) is 4.99 Å². The lowest BCUT2D eigenvalue weighted by atomic mass is 10.2. The highest BCUT2D eigenvalue weighted by atomic mass is 16.1. The van der Waals surface area contributed by atoms with Gasteiger partial charge in [-0.3, -0.25) is 14.8 Å². The predicted molar refractivity (Wildman–Crippen MR) is 112 cm³/mol. The lowest BCUT2D eigenvalue weighted by Crippen LogP contribution is -2.43. The van der Waals surface area contributed by atoms with E-state index in [2.05, 4.69) is 51.6 Å². The summed E-state index contributed by atoms with van der Waals surface area (Å²) in [4.78, 5) is 22.9. The third kappa shape index (κ3) is 9.94. The number of pyridine rings is 1. The van der Waals surface area contributed by atoms with E-state index in [1.165, 1.54) is 0 Å². The van der Waals surface area contributed by atoms with Crippen LogP contribution in [-0.2, 0) is 0 Å². The van der Waals surface area contributed by atoms with Crippen molar-refractivity contribution in [2.45, 2.75) is 46.6 Å². The number of nitrogens with one attached hydrogen (secondary N) is 3. The smallest absolute Gasteiger partial charge is 0.252 e. The molecule has 1 atom stereocenters. The van der Waals surface area contributed by atoms with Crippen molar-refractivity contribution in [1.82, 2.24) is 25.8 Å².